The van der Waals surface area contributed by atoms with Crippen molar-refractivity contribution in [3.8, 4) is 22.3 Å². The van der Waals surface area contributed by atoms with E-state index in [4.69, 9.17) is 0 Å². The molecule has 0 heteroatoms. The number of benzene rings is 4. The molecule has 0 saturated carbocycles. The normalized spacial score (nSPS) is 13.9. The summed E-state index contributed by atoms with van der Waals surface area (Å²) in [6.07, 6.45) is 5.77. The molecule has 6 rings (SSSR count). The largest absolute Gasteiger partial charge is 0.0619 e. The zero-order valence-electron chi connectivity index (χ0n) is 21.8. The average molecular weight is 455 g/mol. The molecule has 0 amide bonds. The minimum Gasteiger partial charge on any atom is -0.0619 e. The highest BCUT2D eigenvalue weighted by Gasteiger charge is 2.31. The molecule has 0 fully saturated rings. The molecule has 0 bridgehead atoms. The van der Waals surface area contributed by atoms with E-state index in [0.29, 0.717) is 0 Å². The molecule has 0 nitrogen and oxygen atoms in total. The first-order valence-electron chi connectivity index (χ1n) is 12.8. The van der Waals surface area contributed by atoms with E-state index in [9.17, 15) is 0 Å². The molecular formula is C35H34. The Morgan fingerprint density at radius 3 is 1.29 bits per heavy atom. The molecule has 2 aliphatic rings. The lowest BCUT2D eigenvalue weighted by molar-refractivity contribution is 0.591. The maximum absolute atomic E-state index is 2.41. The number of rotatable bonds is 2. The summed E-state index contributed by atoms with van der Waals surface area (Å²) in [4.78, 5) is 0. The summed E-state index contributed by atoms with van der Waals surface area (Å²) in [6.45, 7) is 14.0. The Bertz CT molecular complexity index is 1350. The third kappa shape index (κ3) is 3.57. The van der Waals surface area contributed by atoms with Gasteiger partial charge in [-0.25, -0.2) is 0 Å². The van der Waals surface area contributed by atoms with Crippen molar-refractivity contribution in [1.29, 1.82) is 0 Å². The third-order valence-corrected chi connectivity index (χ3v) is 7.73. The van der Waals surface area contributed by atoms with Gasteiger partial charge in [-0.1, -0.05) is 114 Å². The summed E-state index contributed by atoms with van der Waals surface area (Å²) in [5, 5.41) is 0. The van der Waals surface area contributed by atoms with E-state index >= 15 is 0 Å². The Labute approximate surface area is 211 Å². The minimum absolute atomic E-state index is 0.0962. The topological polar surface area (TPSA) is 0 Å². The Morgan fingerprint density at radius 2 is 0.886 bits per heavy atom. The summed E-state index contributed by atoms with van der Waals surface area (Å²) >= 11 is 0. The highest BCUT2D eigenvalue weighted by atomic mass is 14.3. The van der Waals surface area contributed by atoms with Crippen LogP contribution in [0, 0.1) is 12.8 Å². The molecule has 2 aliphatic carbocycles. The van der Waals surface area contributed by atoms with Crippen molar-refractivity contribution in [3.63, 3.8) is 0 Å². The maximum Gasteiger partial charge on any atom is 0.0214 e. The Hall–Kier alpha value is -3.12. The van der Waals surface area contributed by atoms with Crippen LogP contribution >= 0.6 is 0 Å². The molecule has 0 unspecified atom stereocenters. The first kappa shape index (κ1) is 22.4. The highest BCUT2D eigenvalue weighted by molar-refractivity contribution is 5.87. The molecule has 0 aromatic heterocycles. The van der Waals surface area contributed by atoms with Gasteiger partial charge in [0, 0.05) is 12.8 Å². The minimum atomic E-state index is 0.0962. The van der Waals surface area contributed by atoms with Crippen molar-refractivity contribution in [2.75, 3.05) is 0 Å². The van der Waals surface area contributed by atoms with Gasteiger partial charge in [0.25, 0.3) is 0 Å². The van der Waals surface area contributed by atoms with Gasteiger partial charge in [-0.05, 0) is 84.0 Å². The fourth-order valence-electron chi connectivity index (χ4n) is 6.01. The van der Waals surface area contributed by atoms with Crippen molar-refractivity contribution in [1.82, 2.24) is 0 Å². The Morgan fingerprint density at radius 1 is 0.486 bits per heavy atom. The standard InChI is InChI=1S/C35H34/c1-34(2,3)30-17-15-24(28-20-22-11-7-9-13-26(22)32(28)30)19-25-16-18-31(35(4,5)6)33-27-14-10-8-12-23(27)21-29(25)33/h7-18,20-21H,19H2,1-6H3. The van der Waals surface area contributed by atoms with Gasteiger partial charge in [0.15, 0.2) is 0 Å². The van der Waals surface area contributed by atoms with E-state index in [1.54, 1.807) is 0 Å². The summed E-state index contributed by atoms with van der Waals surface area (Å²) in [6, 6.07) is 27.3. The lowest BCUT2D eigenvalue weighted by Crippen LogP contribution is -2.14. The second-order valence-corrected chi connectivity index (χ2v) is 12.3. The molecule has 2 radical (unpaired) electrons. The van der Waals surface area contributed by atoms with Crippen molar-refractivity contribution in [3.05, 3.63) is 130 Å². The fourth-order valence-corrected chi connectivity index (χ4v) is 6.01. The van der Waals surface area contributed by atoms with E-state index in [2.05, 4.69) is 127 Å². The van der Waals surface area contributed by atoms with Crippen LogP contribution in [-0.2, 0) is 17.3 Å². The molecule has 0 aliphatic heterocycles. The van der Waals surface area contributed by atoms with Crippen molar-refractivity contribution >= 4 is 0 Å². The SMILES string of the molecule is CC(C)(C)c1ccc(Cc2ccc(C(C)(C)C)c3c2[CH]c2ccccc2-3)c2c1-c1ccccc1[CH]2. The van der Waals surface area contributed by atoms with E-state index < -0.39 is 0 Å². The second kappa shape index (κ2) is 7.69. The smallest absolute Gasteiger partial charge is 0.0214 e. The van der Waals surface area contributed by atoms with Crippen LogP contribution in [0.2, 0.25) is 0 Å². The van der Waals surface area contributed by atoms with E-state index in [1.807, 2.05) is 0 Å². The zero-order valence-corrected chi connectivity index (χ0v) is 21.8. The van der Waals surface area contributed by atoms with Crippen LogP contribution in [0.1, 0.15) is 86.1 Å². The molecule has 4 aromatic rings. The van der Waals surface area contributed by atoms with E-state index in [0.717, 1.165) is 6.42 Å². The molecule has 0 atom stereocenters. The Kier molecular flexibility index (Phi) is 4.91. The predicted molar refractivity (Wildman–Crippen MR) is 149 cm³/mol. The lowest BCUT2D eigenvalue weighted by atomic mass is 9.78. The first-order valence-corrected chi connectivity index (χ1v) is 12.8. The number of hydrogen-bond donors (Lipinski definition) is 0. The van der Waals surface area contributed by atoms with Gasteiger partial charge in [0.05, 0.1) is 0 Å². The van der Waals surface area contributed by atoms with Crippen molar-refractivity contribution in [2.24, 2.45) is 0 Å². The van der Waals surface area contributed by atoms with Crippen LogP contribution in [0.25, 0.3) is 22.3 Å². The zero-order chi connectivity index (χ0) is 24.5. The van der Waals surface area contributed by atoms with Crippen LogP contribution in [0.4, 0.5) is 0 Å². The molecule has 0 saturated heterocycles. The summed E-state index contributed by atoms with van der Waals surface area (Å²) < 4.78 is 0. The van der Waals surface area contributed by atoms with Crippen LogP contribution in [-0.4, -0.2) is 0 Å². The first-order chi connectivity index (χ1) is 16.6. The van der Waals surface area contributed by atoms with E-state index in [1.165, 1.54) is 66.8 Å². The molecule has 0 heterocycles. The highest BCUT2D eigenvalue weighted by Crippen LogP contribution is 2.48. The van der Waals surface area contributed by atoms with Crippen LogP contribution in [0.15, 0.2) is 72.8 Å². The van der Waals surface area contributed by atoms with Crippen LogP contribution in [0.3, 0.4) is 0 Å². The third-order valence-electron chi connectivity index (χ3n) is 7.73. The monoisotopic (exact) mass is 454 g/mol. The lowest BCUT2D eigenvalue weighted by Gasteiger charge is -2.26. The summed E-state index contributed by atoms with van der Waals surface area (Å²) in [5.74, 6) is 0. The number of hydrogen-bond acceptors (Lipinski definition) is 0. The predicted octanol–water partition coefficient (Wildman–Crippen LogP) is 9.03. The molecule has 0 N–H and O–H groups in total. The van der Waals surface area contributed by atoms with Gasteiger partial charge in [-0.15, -0.1) is 0 Å². The average Bonchev–Trinajstić information content (AvgIpc) is 3.38. The fraction of sp³-hybridized carbons (Fsp3) is 0.257. The van der Waals surface area contributed by atoms with E-state index in [-0.39, 0.29) is 10.8 Å². The summed E-state index contributed by atoms with van der Waals surface area (Å²) in [5.41, 5.74) is 17.0. The van der Waals surface area contributed by atoms with Gasteiger partial charge in [-0.2, -0.15) is 0 Å². The molecule has 0 spiro atoms. The molecule has 174 valence electrons. The van der Waals surface area contributed by atoms with Gasteiger partial charge < -0.3 is 0 Å². The number of fused-ring (bicyclic) bond motifs is 6. The quantitative estimate of drug-likeness (QED) is 0.245. The van der Waals surface area contributed by atoms with Crippen LogP contribution in [0.5, 0.6) is 0 Å². The van der Waals surface area contributed by atoms with Crippen molar-refractivity contribution in [2.45, 2.75) is 58.8 Å². The summed E-state index contributed by atoms with van der Waals surface area (Å²) in [7, 11) is 0. The van der Waals surface area contributed by atoms with Gasteiger partial charge >= 0.3 is 0 Å². The molecule has 4 aromatic carbocycles. The van der Waals surface area contributed by atoms with Gasteiger partial charge in [-0.3, -0.25) is 0 Å². The van der Waals surface area contributed by atoms with Crippen LogP contribution < -0.4 is 0 Å². The Balaban J connectivity index is 1.51. The molecule has 35 heavy (non-hydrogen) atoms. The maximum atomic E-state index is 2.41. The van der Waals surface area contributed by atoms with Gasteiger partial charge in [0.2, 0.25) is 0 Å². The second-order valence-electron chi connectivity index (χ2n) is 12.3. The molecular weight excluding hydrogens is 420 g/mol. The van der Waals surface area contributed by atoms with Gasteiger partial charge in [0.1, 0.15) is 0 Å². The van der Waals surface area contributed by atoms with Crippen molar-refractivity contribution < 1.29 is 0 Å².